The molecule has 6 nitrogen and oxygen atoms in total. The normalized spacial score (nSPS) is 11.0. The van der Waals surface area contributed by atoms with Crippen LogP contribution in [0, 0.1) is 0 Å². The summed E-state index contributed by atoms with van der Waals surface area (Å²) in [5.74, 6) is 1.75. The van der Waals surface area contributed by atoms with Crippen molar-refractivity contribution < 1.29 is 0 Å². The third-order valence-corrected chi connectivity index (χ3v) is 3.73. The van der Waals surface area contributed by atoms with Crippen molar-refractivity contribution in [3.8, 4) is 0 Å². The molecule has 0 saturated heterocycles. The highest BCUT2D eigenvalue weighted by Crippen LogP contribution is 2.11. The highest BCUT2D eigenvalue weighted by Gasteiger charge is 2.09. The van der Waals surface area contributed by atoms with E-state index in [0.717, 1.165) is 22.8 Å². The number of guanidine groups is 1. The van der Waals surface area contributed by atoms with Crippen LogP contribution >= 0.6 is 39.9 Å². The van der Waals surface area contributed by atoms with Gasteiger partial charge in [-0.2, -0.15) is 5.10 Å². The summed E-state index contributed by atoms with van der Waals surface area (Å²) >= 11 is 3.44. The van der Waals surface area contributed by atoms with Crippen molar-refractivity contribution in [1.82, 2.24) is 25.0 Å². The second-order valence-corrected chi connectivity index (χ2v) is 5.87. The number of nitrogens with zero attached hydrogens (tertiary/aromatic N) is 5. The molecule has 0 unspecified atom stereocenters. The minimum absolute atomic E-state index is 0. The Morgan fingerprint density at radius 3 is 2.61 bits per heavy atom. The third kappa shape index (κ3) is 6.09. The molecule has 126 valence electrons. The van der Waals surface area contributed by atoms with Crippen LogP contribution in [-0.2, 0) is 20.1 Å². The van der Waals surface area contributed by atoms with Gasteiger partial charge in [0.05, 0.1) is 13.1 Å². The number of halogens is 2. The fourth-order valence-electron chi connectivity index (χ4n) is 1.98. The van der Waals surface area contributed by atoms with Crippen LogP contribution in [0.1, 0.15) is 18.3 Å². The molecular formula is C15H22BrIN6. The van der Waals surface area contributed by atoms with Crippen molar-refractivity contribution >= 4 is 45.9 Å². The SMILES string of the molecule is CCNC(=NCc1ccc(Br)cc1)N(C)Cc1ncnn1C.I. The van der Waals surface area contributed by atoms with Gasteiger partial charge in [0.15, 0.2) is 5.96 Å². The van der Waals surface area contributed by atoms with Crippen LogP contribution in [0.5, 0.6) is 0 Å². The second-order valence-electron chi connectivity index (χ2n) is 4.95. The highest BCUT2D eigenvalue weighted by atomic mass is 127. The topological polar surface area (TPSA) is 58.3 Å². The Kier molecular flexibility index (Phi) is 8.53. The van der Waals surface area contributed by atoms with Crippen LogP contribution in [0.2, 0.25) is 0 Å². The number of nitrogens with one attached hydrogen (secondary N) is 1. The molecular weight excluding hydrogens is 471 g/mol. The van der Waals surface area contributed by atoms with Crippen LogP contribution in [0.15, 0.2) is 40.1 Å². The van der Waals surface area contributed by atoms with Crippen LogP contribution < -0.4 is 5.32 Å². The maximum atomic E-state index is 4.68. The van der Waals surface area contributed by atoms with Gasteiger partial charge in [-0.15, -0.1) is 24.0 Å². The van der Waals surface area contributed by atoms with E-state index in [-0.39, 0.29) is 24.0 Å². The van der Waals surface area contributed by atoms with E-state index in [1.54, 1.807) is 11.0 Å². The molecule has 0 saturated carbocycles. The monoisotopic (exact) mass is 492 g/mol. The summed E-state index contributed by atoms with van der Waals surface area (Å²) in [4.78, 5) is 11.0. The Hall–Kier alpha value is -1.16. The zero-order chi connectivity index (χ0) is 15.9. The van der Waals surface area contributed by atoms with E-state index in [1.807, 2.05) is 31.1 Å². The number of hydrogen-bond donors (Lipinski definition) is 1. The van der Waals surface area contributed by atoms with Crippen LogP contribution in [0.25, 0.3) is 0 Å². The number of hydrogen-bond acceptors (Lipinski definition) is 3. The summed E-state index contributed by atoms with van der Waals surface area (Å²) < 4.78 is 2.85. The van der Waals surface area contributed by atoms with E-state index in [4.69, 9.17) is 0 Å². The Labute approximate surface area is 162 Å². The van der Waals surface area contributed by atoms with Gasteiger partial charge >= 0.3 is 0 Å². The van der Waals surface area contributed by atoms with E-state index >= 15 is 0 Å². The van der Waals surface area contributed by atoms with E-state index in [1.165, 1.54) is 5.56 Å². The number of rotatable bonds is 5. The summed E-state index contributed by atoms with van der Waals surface area (Å²) in [6.45, 7) is 4.18. The predicted octanol–water partition coefficient (Wildman–Crippen LogP) is 2.79. The zero-order valence-electron chi connectivity index (χ0n) is 13.5. The Balaban J connectivity index is 0.00000264. The molecule has 8 heteroatoms. The van der Waals surface area contributed by atoms with E-state index < -0.39 is 0 Å². The maximum absolute atomic E-state index is 4.68. The summed E-state index contributed by atoms with van der Waals surface area (Å²) in [6.07, 6.45) is 1.56. The molecule has 0 radical (unpaired) electrons. The van der Waals surface area contributed by atoms with Gasteiger partial charge in [0.1, 0.15) is 12.2 Å². The number of benzene rings is 1. The molecule has 1 heterocycles. The summed E-state index contributed by atoms with van der Waals surface area (Å²) in [7, 11) is 3.89. The quantitative estimate of drug-likeness (QED) is 0.396. The first-order chi connectivity index (χ1) is 10.6. The fraction of sp³-hybridized carbons (Fsp3) is 0.400. The van der Waals surface area contributed by atoms with Crippen molar-refractivity contribution in [2.75, 3.05) is 13.6 Å². The summed E-state index contributed by atoms with van der Waals surface area (Å²) in [6, 6.07) is 8.20. The van der Waals surface area contributed by atoms with Crippen molar-refractivity contribution in [1.29, 1.82) is 0 Å². The first-order valence-corrected chi connectivity index (χ1v) is 7.96. The molecule has 2 rings (SSSR count). The molecule has 0 spiro atoms. The Morgan fingerprint density at radius 1 is 1.35 bits per heavy atom. The third-order valence-electron chi connectivity index (χ3n) is 3.20. The van der Waals surface area contributed by atoms with Gasteiger partial charge in [0.2, 0.25) is 0 Å². The average molecular weight is 493 g/mol. The lowest BCUT2D eigenvalue weighted by Gasteiger charge is -2.21. The molecule has 0 aliphatic heterocycles. The van der Waals surface area contributed by atoms with Crippen molar-refractivity contribution in [2.45, 2.75) is 20.0 Å². The zero-order valence-corrected chi connectivity index (χ0v) is 17.4. The molecule has 1 aromatic heterocycles. The molecule has 1 N–H and O–H groups in total. The molecule has 0 aliphatic rings. The lowest BCUT2D eigenvalue weighted by Crippen LogP contribution is -2.39. The summed E-state index contributed by atoms with van der Waals surface area (Å²) in [5, 5.41) is 7.40. The molecule has 0 bridgehead atoms. The molecule has 2 aromatic rings. The lowest BCUT2D eigenvalue weighted by atomic mass is 10.2. The fourth-order valence-corrected chi connectivity index (χ4v) is 2.24. The molecule has 0 fully saturated rings. The Bertz CT molecular complexity index is 625. The first kappa shape index (κ1) is 19.9. The van der Waals surface area contributed by atoms with Gasteiger partial charge < -0.3 is 10.2 Å². The van der Waals surface area contributed by atoms with Crippen molar-refractivity contribution in [3.63, 3.8) is 0 Å². The van der Waals surface area contributed by atoms with E-state index in [9.17, 15) is 0 Å². The van der Waals surface area contributed by atoms with Gasteiger partial charge in [-0.25, -0.2) is 9.98 Å². The van der Waals surface area contributed by atoms with Gasteiger partial charge in [-0.05, 0) is 24.6 Å². The second kappa shape index (κ2) is 9.86. The van der Waals surface area contributed by atoms with Crippen LogP contribution in [0.4, 0.5) is 0 Å². The standard InChI is InChI=1S/C15H21BrN6.HI/c1-4-17-15(18-9-12-5-7-13(16)8-6-12)21(2)10-14-19-11-20-22(14)3;/h5-8,11H,4,9-10H2,1-3H3,(H,17,18);1H. The first-order valence-electron chi connectivity index (χ1n) is 7.17. The molecule has 0 atom stereocenters. The minimum atomic E-state index is 0. The minimum Gasteiger partial charge on any atom is -0.357 e. The van der Waals surface area contributed by atoms with E-state index in [2.05, 4.69) is 55.4 Å². The van der Waals surface area contributed by atoms with Gasteiger partial charge in [-0.3, -0.25) is 4.68 Å². The summed E-state index contributed by atoms with van der Waals surface area (Å²) in [5.41, 5.74) is 1.17. The Morgan fingerprint density at radius 2 is 2.04 bits per heavy atom. The number of aromatic nitrogens is 3. The molecule has 0 aliphatic carbocycles. The van der Waals surface area contributed by atoms with Gasteiger partial charge in [-0.1, -0.05) is 28.1 Å². The molecule has 1 aromatic carbocycles. The average Bonchev–Trinajstić information content (AvgIpc) is 2.90. The maximum Gasteiger partial charge on any atom is 0.194 e. The lowest BCUT2D eigenvalue weighted by molar-refractivity contribution is 0.448. The van der Waals surface area contributed by atoms with Crippen molar-refractivity contribution in [3.05, 3.63) is 46.5 Å². The van der Waals surface area contributed by atoms with Gasteiger partial charge in [0.25, 0.3) is 0 Å². The highest BCUT2D eigenvalue weighted by molar-refractivity contribution is 14.0. The largest absolute Gasteiger partial charge is 0.357 e. The molecule has 23 heavy (non-hydrogen) atoms. The number of aliphatic imine (C=N–C) groups is 1. The smallest absolute Gasteiger partial charge is 0.194 e. The number of aryl methyl sites for hydroxylation is 1. The van der Waals surface area contributed by atoms with Crippen LogP contribution in [-0.4, -0.2) is 39.2 Å². The van der Waals surface area contributed by atoms with Crippen LogP contribution in [0.3, 0.4) is 0 Å². The van der Waals surface area contributed by atoms with Gasteiger partial charge in [0, 0.05) is 25.1 Å². The van der Waals surface area contributed by atoms with Crippen molar-refractivity contribution in [2.24, 2.45) is 12.0 Å². The molecule has 0 amide bonds. The van der Waals surface area contributed by atoms with E-state index in [0.29, 0.717) is 13.1 Å². The predicted molar refractivity (Wildman–Crippen MR) is 107 cm³/mol.